The lowest BCUT2D eigenvalue weighted by Crippen LogP contribution is -2.41. The third kappa shape index (κ3) is 2.41. The van der Waals surface area contributed by atoms with E-state index in [1.54, 1.807) is 6.07 Å². The summed E-state index contributed by atoms with van der Waals surface area (Å²) in [6, 6.07) is 3.82. The molecule has 1 spiro atoms. The summed E-state index contributed by atoms with van der Waals surface area (Å²) >= 11 is 0. The molecule has 5 nitrogen and oxygen atoms in total. The molecular weight excluding hydrogens is 240 g/mol. The monoisotopic (exact) mass is 258 g/mol. The Balaban J connectivity index is 1.74. The van der Waals surface area contributed by atoms with Gasteiger partial charge in [0.1, 0.15) is 11.8 Å². The topological polar surface area (TPSA) is 62.0 Å². The van der Waals surface area contributed by atoms with Crippen LogP contribution in [0.2, 0.25) is 0 Å². The third-order valence-corrected chi connectivity index (χ3v) is 4.25. The minimum atomic E-state index is 0.387. The van der Waals surface area contributed by atoms with Crippen LogP contribution in [-0.2, 0) is 4.74 Å². The number of aromatic nitrogens is 2. The second-order valence-electron chi connectivity index (χ2n) is 5.60. The summed E-state index contributed by atoms with van der Waals surface area (Å²) in [7, 11) is 0. The number of nitrogens with zero attached hydrogens (tertiary/aromatic N) is 4. The first kappa shape index (κ1) is 12.4. The molecule has 2 fully saturated rings. The van der Waals surface area contributed by atoms with E-state index in [0.717, 1.165) is 44.8 Å². The molecule has 0 amide bonds. The molecule has 2 aliphatic rings. The van der Waals surface area contributed by atoms with Gasteiger partial charge < -0.3 is 9.64 Å². The van der Waals surface area contributed by atoms with Crippen LogP contribution in [0.15, 0.2) is 6.07 Å². The zero-order chi connectivity index (χ0) is 13.3. The summed E-state index contributed by atoms with van der Waals surface area (Å²) in [6.07, 6.45) is 3.44. The molecule has 0 aromatic carbocycles. The second kappa shape index (κ2) is 4.78. The fourth-order valence-corrected chi connectivity index (χ4v) is 2.98. The molecule has 0 bridgehead atoms. The maximum absolute atomic E-state index is 8.98. The Morgan fingerprint density at radius 1 is 1.32 bits per heavy atom. The molecule has 1 aromatic rings. The zero-order valence-electron chi connectivity index (χ0n) is 11.2. The lowest BCUT2D eigenvalue weighted by Gasteiger charge is -2.38. The first-order valence-electron chi connectivity index (χ1n) is 6.79. The number of rotatable bonds is 1. The Morgan fingerprint density at radius 3 is 2.74 bits per heavy atom. The van der Waals surface area contributed by atoms with E-state index in [9.17, 15) is 0 Å². The van der Waals surface area contributed by atoms with Gasteiger partial charge in [-0.15, -0.1) is 0 Å². The summed E-state index contributed by atoms with van der Waals surface area (Å²) in [5.74, 6) is 0.699. The first-order chi connectivity index (χ1) is 9.21. The van der Waals surface area contributed by atoms with Crippen LogP contribution in [0, 0.1) is 23.7 Å². The highest BCUT2D eigenvalue weighted by atomic mass is 16.5. The number of piperidine rings is 1. The van der Waals surface area contributed by atoms with Gasteiger partial charge in [-0.1, -0.05) is 0 Å². The highest BCUT2D eigenvalue weighted by Gasteiger charge is 2.38. The van der Waals surface area contributed by atoms with Crippen molar-refractivity contribution in [3.63, 3.8) is 0 Å². The SMILES string of the molecule is Cc1cc(C#N)nc(N2CCC3(CCOC3)CC2)n1. The van der Waals surface area contributed by atoms with Gasteiger partial charge in [-0.25, -0.2) is 9.97 Å². The van der Waals surface area contributed by atoms with Crippen molar-refractivity contribution in [1.29, 1.82) is 5.26 Å². The molecule has 3 heterocycles. The van der Waals surface area contributed by atoms with Crippen molar-refractivity contribution in [3.05, 3.63) is 17.5 Å². The fraction of sp³-hybridized carbons (Fsp3) is 0.643. The Kier molecular flexibility index (Phi) is 3.11. The average Bonchev–Trinajstić information content (AvgIpc) is 2.87. The van der Waals surface area contributed by atoms with Crippen molar-refractivity contribution >= 4 is 5.95 Å². The van der Waals surface area contributed by atoms with E-state index in [0.29, 0.717) is 17.1 Å². The number of nitriles is 1. The van der Waals surface area contributed by atoms with Crippen LogP contribution in [0.1, 0.15) is 30.7 Å². The van der Waals surface area contributed by atoms with Gasteiger partial charge in [0.25, 0.3) is 0 Å². The van der Waals surface area contributed by atoms with Gasteiger partial charge in [0.2, 0.25) is 5.95 Å². The number of anilines is 1. The third-order valence-electron chi connectivity index (χ3n) is 4.25. The lowest BCUT2D eigenvalue weighted by atomic mass is 9.78. The number of hydrogen-bond donors (Lipinski definition) is 0. The normalized spacial score (nSPS) is 21.6. The highest BCUT2D eigenvalue weighted by Crippen LogP contribution is 2.39. The minimum Gasteiger partial charge on any atom is -0.381 e. The second-order valence-corrected chi connectivity index (χ2v) is 5.60. The molecule has 3 rings (SSSR count). The number of aryl methyl sites for hydroxylation is 1. The molecule has 0 radical (unpaired) electrons. The molecule has 100 valence electrons. The molecule has 0 saturated carbocycles. The highest BCUT2D eigenvalue weighted by molar-refractivity contribution is 5.36. The van der Waals surface area contributed by atoms with Crippen molar-refractivity contribution < 1.29 is 4.74 Å². The average molecular weight is 258 g/mol. The summed E-state index contributed by atoms with van der Waals surface area (Å²) in [4.78, 5) is 11.0. The fourth-order valence-electron chi connectivity index (χ4n) is 2.98. The van der Waals surface area contributed by atoms with Gasteiger partial charge in [-0.2, -0.15) is 5.26 Å². The van der Waals surface area contributed by atoms with Crippen molar-refractivity contribution in [3.8, 4) is 6.07 Å². The lowest BCUT2D eigenvalue weighted by molar-refractivity contribution is 0.133. The van der Waals surface area contributed by atoms with Gasteiger partial charge >= 0.3 is 0 Å². The van der Waals surface area contributed by atoms with E-state index in [1.807, 2.05) is 6.92 Å². The predicted octanol–water partition coefficient (Wildman–Crippen LogP) is 1.66. The summed E-state index contributed by atoms with van der Waals surface area (Å²) in [5, 5.41) is 8.98. The van der Waals surface area contributed by atoms with Crippen LogP contribution < -0.4 is 4.90 Å². The quantitative estimate of drug-likeness (QED) is 0.766. The first-order valence-corrected chi connectivity index (χ1v) is 6.79. The molecule has 1 aromatic heterocycles. The predicted molar refractivity (Wildman–Crippen MR) is 70.8 cm³/mol. The Labute approximate surface area is 113 Å². The van der Waals surface area contributed by atoms with Crippen LogP contribution in [0.25, 0.3) is 0 Å². The standard InChI is InChI=1S/C14H18N4O/c1-11-8-12(9-15)17-13(16-11)18-5-2-14(3-6-18)4-7-19-10-14/h8H,2-7,10H2,1H3. The number of ether oxygens (including phenoxy) is 1. The van der Waals surface area contributed by atoms with Gasteiger partial charge in [0.05, 0.1) is 6.61 Å². The smallest absolute Gasteiger partial charge is 0.226 e. The zero-order valence-corrected chi connectivity index (χ0v) is 11.2. The molecule has 0 unspecified atom stereocenters. The Morgan fingerprint density at radius 2 is 2.11 bits per heavy atom. The van der Waals surface area contributed by atoms with E-state index in [1.165, 1.54) is 6.42 Å². The molecule has 19 heavy (non-hydrogen) atoms. The van der Waals surface area contributed by atoms with Crippen LogP contribution in [0.4, 0.5) is 5.95 Å². The molecular formula is C14H18N4O. The van der Waals surface area contributed by atoms with Crippen molar-refractivity contribution in [2.45, 2.75) is 26.2 Å². The van der Waals surface area contributed by atoms with Gasteiger partial charge in [0.15, 0.2) is 0 Å². The summed E-state index contributed by atoms with van der Waals surface area (Å²) in [5.41, 5.74) is 1.69. The Bertz CT molecular complexity index is 507. The van der Waals surface area contributed by atoms with E-state index < -0.39 is 0 Å². The van der Waals surface area contributed by atoms with E-state index in [2.05, 4.69) is 20.9 Å². The van der Waals surface area contributed by atoms with Crippen LogP contribution in [-0.4, -0.2) is 36.3 Å². The van der Waals surface area contributed by atoms with Crippen LogP contribution >= 0.6 is 0 Å². The van der Waals surface area contributed by atoms with Gasteiger partial charge in [-0.05, 0) is 37.7 Å². The molecule has 0 N–H and O–H groups in total. The van der Waals surface area contributed by atoms with E-state index >= 15 is 0 Å². The Hall–Kier alpha value is -1.67. The summed E-state index contributed by atoms with van der Waals surface area (Å²) in [6.45, 7) is 5.62. The maximum atomic E-state index is 8.98. The largest absolute Gasteiger partial charge is 0.381 e. The van der Waals surface area contributed by atoms with Crippen molar-refractivity contribution in [1.82, 2.24) is 9.97 Å². The van der Waals surface area contributed by atoms with Crippen molar-refractivity contribution in [2.24, 2.45) is 5.41 Å². The van der Waals surface area contributed by atoms with E-state index in [4.69, 9.17) is 10.00 Å². The molecule has 0 atom stereocenters. The molecule has 5 heteroatoms. The molecule has 0 aliphatic carbocycles. The summed E-state index contributed by atoms with van der Waals surface area (Å²) < 4.78 is 5.54. The number of hydrogen-bond acceptors (Lipinski definition) is 5. The van der Waals surface area contributed by atoms with Crippen LogP contribution in [0.3, 0.4) is 0 Å². The van der Waals surface area contributed by atoms with Crippen molar-refractivity contribution in [2.75, 3.05) is 31.2 Å². The van der Waals surface area contributed by atoms with Crippen LogP contribution in [0.5, 0.6) is 0 Å². The maximum Gasteiger partial charge on any atom is 0.226 e. The minimum absolute atomic E-state index is 0.387. The van der Waals surface area contributed by atoms with E-state index in [-0.39, 0.29) is 0 Å². The molecule has 2 saturated heterocycles. The van der Waals surface area contributed by atoms with Gasteiger partial charge in [-0.3, -0.25) is 0 Å². The van der Waals surface area contributed by atoms with Gasteiger partial charge in [0, 0.05) is 25.4 Å². The molecule has 2 aliphatic heterocycles.